The molecule has 158 valence electrons. The Labute approximate surface area is 171 Å². The lowest BCUT2D eigenvalue weighted by atomic mass is 9.91. The van der Waals surface area contributed by atoms with Crippen LogP contribution in [-0.4, -0.2) is 52.6 Å². The molecule has 3 heterocycles. The molecule has 1 aliphatic carbocycles. The molecule has 7 heteroatoms. The number of fused-ring (bicyclic) bond motifs is 3. The maximum atomic E-state index is 13.5. The van der Waals surface area contributed by atoms with Crippen molar-refractivity contribution in [2.24, 2.45) is 0 Å². The molecule has 0 aromatic carbocycles. The molecular formula is C22H31N3O4. The van der Waals surface area contributed by atoms with Crippen LogP contribution in [-0.2, 0) is 16.1 Å². The van der Waals surface area contributed by atoms with E-state index >= 15 is 0 Å². The molecule has 0 radical (unpaired) electrons. The number of amides is 2. The molecule has 0 saturated heterocycles. The Balaban J connectivity index is 1.62. The molecule has 4 rings (SSSR count). The lowest BCUT2D eigenvalue weighted by Gasteiger charge is -2.44. The van der Waals surface area contributed by atoms with Gasteiger partial charge in [0.15, 0.2) is 5.58 Å². The van der Waals surface area contributed by atoms with E-state index in [2.05, 4.69) is 5.32 Å². The number of carbonyl (C=O) groups excluding carboxylic acids is 2. The summed E-state index contributed by atoms with van der Waals surface area (Å²) in [6.45, 7) is 5.97. The van der Waals surface area contributed by atoms with Gasteiger partial charge in [-0.2, -0.15) is 0 Å². The summed E-state index contributed by atoms with van der Waals surface area (Å²) in [7, 11) is 0. The summed E-state index contributed by atoms with van der Waals surface area (Å²) < 4.78 is 12.9. The first kappa shape index (κ1) is 20.0. The summed E-state index contributed by atoms with van der Waals surface area (Å²) >= 11 is 0. The SMILES string of the molecule is CCOCCCN1C(=O)c2cc3occc3n2C[C@@]1(C)C(=O)NC1CCCCC1. The van der Waals surface area contributed by atoms with Gasteiger partial charge in [0.1, 0.15) is 11.2 Å². The number of nitrogens with one attached hydrogen (secondary N) is 1. The Hall–Kier alpha value is -2.28. The molecule has 29 heavy (non-hydrogen) atoms. The first-order valence-electron chi connectivity index (χ1n) is 10.8. The van der Waals surface area contributed by atoms with E-state index in [4.69, 9.17) is 9.15 Å². The Morgan fingerprint density at radius 3 is 2.90 bits per heavy atom. The van der Waals surface area contributed by atoms with Crippen molar-refractivity contribution in [1.82, 2.24) is 14.8 Å². The minimum Gasteiger partial charge on any atom is -0.463 e. The van der Waals surface area contributed by atoms with Crippen LogP contribution in [0, 0.1) is 0 Å². The van der Waals surface area contributed by atoms with Crippen LogP contribution in [0.1, 0.15) is 62.9 Å². The van der Waals surface area contributed by atoms with Gasteiger partial charge in [0.2, 0.25) is 5.91 Å². The van der Waals surface area contributed by atoms with Gasteiger partial charge >= 0.3 is 0 Å². The van der Waals surface area contributed by atoms with E-state index in [0.29, 0.717) is 44.0 Å². The van der Waals surface area contributed by atoms with Crippen molar-refractivity contribution in [1.29, 1.82) is 0 Å². The van der Waals surface area contributed by atoms with Crippen molar-refractivity contribution < 1.29 is 18.7 Å². The Morgan fingerprint density at radius 2 is 2.14 bits per heavy atom. The van der Waals surface area contributed by atoms with Crippen LogP contribution in [0.5, 0.6) is 0 Å². The van der Waals surface area contributed by atoms with Gasteiger partial charge in [0, 0.05) is 37.9 Å². The Morgan fingerprint density at radius 1 is 1.34 bits per heavy atom. The van der Waals surface area contributed by atoms with Crippen LogP contribution in [0.15, 0.2) is 22.8 Å². The van der Waals surface area contributed by atoms with Gasteiger partial charge < -0.3 is 23.9 Å². The summed E-state index contributed by atoms with van der Waals surface area (Å²) in [6.07, 6.45) is 7.88. The number of carbonyl (C=O) groups is 2. The fourth-order valence-electron chi connectivity index (χ4n) is 4.68. The highest BCUT2D eigenvalue weighted by Gasteiger charge is 2.48. The molecule has 2 amide bonds. The van der Waals surface area contributed by atoms with Crippen molar-refractivity contribution in [2.75, 3.05) is 19.8 Å². The predicted octanol–water partition coefficient (Wildman–Crippen LogP) is 3.32. The Bertz CT molecular complexity index is 880. The van der Waals surface area contributed by atoms with E-state index in [0.717, 1.165) is 31.2 Å². The molecule has 1 fully saturated rings. The normalized spacial score (nSPS) is 22.8. The smallest absolute Gasteiger partial charge is 0.271 e. The van der Waals surface area contributed by atoms with Crippen LogP contribution in [0.4, 0.5) is 0 Å². The topological polar surface area (TPSA) is 76.7 Å². The van der Waals surface area contributed by atoms with E-state index in [9.17, 15) is 9.59 Å². The molecule has 1 aliphatic heterocycles. The standard InChI is InChI=1S/C22H31N3O4/c1-3-28-12-7-11-25-20(26)18-14-19-17(10-13-29-19)24(18)15-22(25,2)21(27)23-16-8-5-4-6-9-16/h10,13-14,16H,3-9,11-12,15H2,1-2H3,(H,23,27)/t22-/m0/s1. The number of rotatable bonds is 7. The summed E-state index contributed by atoms with van der Waals surface area (Å²) in [4.78, 5) is 28.6. The first-order valence-corrected chi connectivity index (χ1v) is 10.8. The zero-order valence-electron chi connectivity index (χ0n) is 17.4. The third-order valence-electron chi connectivity index (χ3n) is 6.35. The molecule has 2 aromatic rings. The largest absolute Gasteiger partial charge is 0.463 e. The third kappa shape index (κ3) is 3.68. The lowest BCUT2D eigenvalue weighted by molar-refractivity contribution is -0.133. The van der Waals surface area contributed by atoms with E-state index in [1.165, 1.54) is 6.42 Å². The molecule has 2 aromatic heterocycles. The van der Waals surface area contributed by atoms with Crippen molar-refractivity contribution in [2.45, 2.75) is 70.5 Å². The highest BCUT2D eigenvalue weighted by atomic mass is 16.5. The minimum atomic E-state index is -0.947. The zero-order valence-corrected chi connectivity index (χ0v) is 17.4. The van der Waals surface area contributed by atoms with Crippen molar-refractivity contribution in [3.8, 4) is 0 Å². The third-order valence-corrected chi connectivity index (χ3v) is 6.35. The van der Waals surface area contributed by atoms with Crippen LogP contribution in [0.25, 0.3) is 11.1 Å². The summed E-state index contributed by atoms with van der Waals surface area (Å²) in [5.41, 5.74) is 1.18. The molecule has 1 atom stereocenters. The molecule has 7 nitrogen and oxygen atoms in total. The van der Waals surface area contributed by atoms with E-state index in [-0.39, 0.29) is 17.9 Å². The van der Waals surface area contributed by atoms with E-state index in [1.54, 1.807) is 17.2 Å². The quantitative estimate of drug-likeness (QED) is 0.722. The molecule has 0 bridgehead atoms. The number of nitrogens with zero attached hydrogens (tertiary/aromatic N) is 2. The van der Waals surface area contributed by atoms with Crippen molar-refractivity contribution >= 4 is 22.9 Å². The number of hydrogen-bond acceptors (Lipinski definition) is 4. The van der Waals surface area contributed by atoms with Gasteiger partial charge in [-0.1, -0.05) is 19.3 Å². The number of furan rings is 1. The van der Waals surface area contributed by atoms with Gasteiger partial charge in [0.05, 0.1) is 18.3 Å². The monoisotopic (exact) mass is 401 g/mol. The van der Waals surface area contributed by atoms with Crippen LogP contribution in [0.2, 0.25) is 0 Å². The van der Waals surface area contributed by atoms with Gasteiger partial charge in [-0.15, -0.1) is 0 Å². The molecular weight excluding hydrogens is 370 g/mol. The molecule has 1 saturated carbocycles. The fraction of sp³-hybridized carbons (Fsp3) is 0.636. The van der Waals surface area contributed by atoms with Gasteiger partial charge in [-0.05, 0) is 33.1 Å². The average Bonchev–Trinajstić information content (AvgIpc) is 3.30. The predicted molar refractivity (Wildman–Crippen MR) is 110 cm³/mol. The fourth-order valence-corrected chi connectivity index (χ4v) is 4.68. The summed E-state index contributed by atoms with van der Waals surface area (Å²) in [5.74, 6) is -0.189. The Kier molecular flexibility index (Phi) is 5.67. The minimum absolute atomic E-state index is 0.0647. The first-order chi connectivity index (χ1) is 14.0. The number of ether oxygens (including phenoxy) is 1. The van der Waals surface area contributed by atoms with Crippen LogP contribution < -0.4 is 5.32 Å². The second-order valence-electron chi connectivity index (χ2n) is 8.38. The number of aromatic nitrogens is 1. The highest BCUT2D eigenvalue weighted by molar-refractivity contribution is 6.02. The molecule has 1 N–H and O–H groups in total. The second-order valence-corrected chi connectivity index (χ2v) is 8.38. The van der Waals surface area contributed by atoms with Crippen molar-refractivity contribution in [3.63, 3.8) is 0 Å². The number of hydrogen-bond donors (Lipinski definition) is 1. The summed E-state index contributed by atoms with van der Waals surface area (Å²) in [5, 5.41) is 3.25. The lowest BCUT2D eigenvalue weighted by Crippen LogP contribution is -2.65. The van der Waals surface area contributed by atoms with Gasteiger partial charge in [0.25, 0.3) is 5.91 Å². The van der Waals surface area contributed by atoms with Gasteiger partial charge in [-0.25, -0.2) is 0 Å². The maximum absolute atomic E-state index is 13.5. The maximum Gasteiger partial charge on any atom is 0.271 e. The highest BCUT2D eigenvalue weighted by Crippen LogP contribution is 2.33. The average molecular weight is 402 g/mol. The van der Waals surface area contributed by atoms with E-state index in [1.807, 2.05) is 24.5 Å². The molecule has 0 spiro atoms. The second kappa shape index (κ2) is 8.22. The van der Waals surface area contributed by atoms with Crippen LogP contribution >= 0.6 is 0 Å². The molecule has 0 unspecified atom stereocenters. The van der Waals surface area contributed by atoms with E-state index < -0.39 is 5.54 Å². The van der Waals surface area contributed by atoms with Gasteiger partial charge in [-0.3, -0.25) is 9.59 Å². The zero-order chi connectivity index (χ0) is 20.4. The molecule has 2 aliphatic rings. The van der Waals surface area contributed by atoms with Crippen molar-refractivity contribution in [3.05, 3.63) is 24.1 Å². The van der Waals surface area contributed by atoms with Crippen LogP contribution in [0.3, 0.4) is 0 Å². The summed E-state index contributed by atoms with van der Waals surface area (Å²) in [6, 6.07) is 3.84.